The van der Waals surface area contributed by atoms with Gasteiger partial charge in [0, 0.05) is 0 Å². The fourth-order valence-electron chi connectivity index (χ4n) is 2.28. The van der Waals surface area contributed by atoms with Crippen molar-refractivity contribution in [2.45, 2.75) is 44.6 Å². The number of hydrogen-bond donors (Lipinski definition) is 1. The molecule has 1 fully saturated rings. The lowest BCUT2D eigenvalue weighted by Gasteiger charge is -2.16. The van der Waals surface area contributed by atoms with Crippen LogP contribution in [-0.2, 0) is 4.74 Å². The Labute approximate surface area is 112 Å². The average molecular weight is 268 g/mol. The van der Waals surface area contributed by atoms with Gasteiger partial charge < -0.3 is 10.5 Å². The van der Waals surface area contributed by atoms with E-state index in [4.69, 9.17) is 22.1 Å². The average Bonchev–Trinajstić information content (AvgIpc) is 2.61. The van der Waals surface area contributed by atoms with E-state index in [0.717, 1.165) is 25.7 Å². The van der Waals surface area contributed by atoms with Crippen LogP contribution in [-0.4, -0.2) is 12.1 Å². The van der Waals surface area contributed by atoms with Crippen LogP contribution in [0.15, 0.2) is 18.2 Å². The summed E-state index contributed by atoms with van der Waals surface area (Å²) in [5.74, 6) is -0.362. The summed E-state index contributed by atoms with van der Waals surface area (Å²) in [6, 6.07) is 5.04. The van der Waals surface area contributed by atoms with Crippen molar-refractivity contribution in [2.24, 2.45) is 0 Å². The standard InChI is InChI=1S/C14H18ClNO2/c15-13-11(8-5-9-12(13)16)14(17)18-10-6-3-1-2-4-7-10/h5,8-10H,1-4,6-7,16H2. The van der Waals surface area contributed by atoms with Gasteiger partial charge in [-0.3, -0.25) is 0 Å². The van der Waals surface area contributed by atoms with Gasteiger partial charge in [-0.15, -0.1) is 0 Å². The molecule has 1 aliphatic carbocycles. The highest BCUT2D eigenvalue weighted by Gasteiger charge is 2.20. The molecule has 0 heterocycles. The molecule has 0 amide bonds. The number of carbonyl (C=O) groups excluding carboxylic acids is 1. The van der Waals surface area contributed by atoms with Crippen molar-refractivity contribution in [3.63, 3.8) is 0 Å². The van der Waals surface area contributed by atoms with Gasteiger partial charge in [-0.2, -0.15) is 0 Å². The third kappa shape index (κ3) is 3.16. The second-order valence-corrected chi connectivity index (χ2v) is 5.11. The van der Waals surface area contributed by atoms with Crippen LogP contribution in [0.25, 0.3) is 0 Å². The first-order valence-corrected chi connectivity index (χ1v) is 6.81. The Morgan fingerprint density at radius 1 is 1.22 bits per heavy atom. The Bertz CT molecular complexity index is 426. The van der Waals surface area contributed by atoms with Crippen LogP contribution in [0, 0.1) is 0 Å². The fourth-order valence-corrected chi connectivity index (χ4v) is 2.49. The van der Waals surface area contributed by atoms with Crippen molar-refractivity contribution in [1.82, 2.24) is 0 Å². The molecule has 1 aromatic carbocycles. The Kier molecular flexibility index (Phi) is 4.48. The topological polar surface area (TPSA) is 52.3 Å². The summed E-state index contributed by atoms with van der Waals surface area (Å²) in [5.41, 5.74) is 6.45. The third-order valence-corrected chi connectivity index (χ3v) is 3.75. The molecular weight excluding hydrogens is 250 g/mol. The van der Waals surface area contributed by atoms with E-state index in [1.54, 1.807) is 18.2 Å². The Morgan fingerprint density at radius 2 is 1.89 bits per heavy atom. The number of nitrogens with two attached hydrogens (primary N) is 1. The van der Waals surface area contributed by atoms with Crippen LogP contribution in [0.2, 0.25) is 5.02 Å². The van der Waals surface area contributed by atoms with Crippen LogP contribution < -0.4 is 5.73 Å². The van der Waals surface area contributed by atoms with Gasteiger partial charge in [0.1, 0.15) is 6.10 Å². The molecule has 4 heteroatoms. The van der Waals surface area contributed by atoms with Crippen molar-refractivity contribution >= 4 is 23.3 Å². The van der Waals surface area contributed by atoms with Crippen LogP contribution in [0.4, 0.5) is 5.69 Å². The largest absolute Gasteiger partial charge is 0.459 e. The van der Waals surface area contributed by atoms with E-state index in [2.05, 4.69) is 0 Å². The zero-order chi connectivity index (χ0) is 13.0. The van der Waals surface area contributed by atoms with Gasteiger partial charge in [-0.25, -0.2) is 4.79 Å². The SMILES string of the molecule is Nc1cccc(C(=O)OC2CCCCCC2)c1Cl. The number of carbonyl (C=O) groups is 1. The smallest absolute Gasteiger partial charge is 0.340 e. The van der Waals surface area contributed by atoms with Crippen LogP contribution in [0.3, 0.4) is 0 Å². The zero-order valence-electron chi connectivity index (χ0n) is 10.3. The summed E-state index contributed by atoms with van der Waals surface area (Å²) in [7, 11) is 0. The quantitative estimate of drug-likeness (QED) is 0.504. The minimum atomic E-state index is -0.362. The molecule has 0 saturated heterocycles. The first-order chi connectivity index (χ1) is 8.68. The van der Waals surface area contributed by atoms with Crippen LogP contribution in [0.5, 0.6) is 0 Å². The molecule has 0 spiro atoms. The molecule has 98 valence electrons. The molecule has 0 aliphatic heterocycles. The second kappa shape index (κ2) is 6.10. The zero-order valence-corrected chi connectivity index (χ0v) is 11.1. The monoisotopic (exact) mass is 267 g/mol. The van der Waals surface area contributed by atoms with Crippen molar-refractivity contribution in [1.29, 1.82) is 0 Å². The lowest BCUT2D eigenvalue weighted by atomic mass is 10.1. The highest BCUT2D eigenvalue weighted by molar-refractivity contribution is 6.36. The molecule has 0 radical (unpaired) electrons. The number of esters is 1. The number of rotatable bonds is 2. The molecule has 0 aromatic heterocycles. The highest BCUT2D eigenvalue weighted by Crippen LogP contribution is 2.26. The molecule has 0 atom stereocenters. The normalized spacial score (nSPS) is 17.2. The predicted octanol–water partition coefficient (Wildman–Crippen LogP) is 3.80. The van der Waals surface area contributed by atoms with Gasteiger partial charge in [0.05, 0.1) is 16.3 Å². The van der Waals surface area contributed by atoms with Gasteiger partial charge in [-0.05, 0) is 37.8 Å². The van der Waals surface area contributed by atoms with E-state index in [0.29, 0.717) is 11.3 Å². The maximum atomic E-state index is 12.0. The molecule has 1 aromatic rings. The van der Waals surface area contributed by atoms with Crippen molar-refractivity contribution in [2.75, 3.05) is 5.73 Å². The van der Waals surface area contributed by atoms with E-state index in [1.165, 1.54) is 12.8 Å². The minimum Gasteiger partial charge on any atom is -0.459 e. The number of benzene rings is 1. The first kappa shape index (κ1) is 13.2. The molecule has 2 N–H and O–H groups in total. The van der Waals surface area contributed by atoms with Gasteiger partial charge in [0.2, 0.25) is 0 Å². The molecule has 1 saturated carbocycles. The van der Waals surface area contributed by atoms with E-state index in [-0.39, 0.29) is 17.1 Å². The molecule has 0 unspecified atom stereocenters. The van der Waals surface area contributed by atoms with E-state index in [1.807, 2.05) is 0 Å². The molecule has 1 aliphatic rings. The fraction of sp³-hybridized carbons (Fsp3) is 0.500. The summed E-state index contributed by atoms with van der Waals surface area (Å²) in [6.45, 7) is 0. The Balaban J connectivity index is 2.04. The number of ether oxygens (including phenoxy) is 1. The summed E-state index contributed by atoms with van der Waals surface area (Å²) in [4.78, 5) is 12.0. The number of halogens is 1. The van der Waals surface area contributed by atoms with Gasteiger partial charge in [0.25, 0.3) is 0 Å². The Morgan fingerprint density at radius 3 is 2.56 bits per heavy atom. The minimum absolute atomic E-state index is 0.0255. The van der Waals surface area contributed by atoms with Crippen LogP contribution in [0.1, 0.15) is 48.9 Å². The summed E-state index contributed by atoms with van der Waals surface area (Å²) in [5, 5.41) is 0.288. The van der Waals surface area contributed by atoms with Gasteiger partial charge >= 0.3 is 5.97 Å². The first-order valence-electron chi connectivity index (χ1n) is 6.43. The van der Waals surface area contributed by atoms with E-state index in [9.17, 15) is 4.79 Å². The molecule has 2 rings (SSSR count). The number of nitrogen functional groups attached to an aromatic ring is 1. The van der Waals surface area contributed by atoms with Gasteiger partial charge in [-0.1, -0.05) is 30.5 Å². The second-order valence-electron chi connectivity index (χ2n) is 4.73. The van der Waals surface area contributed by atoms with Crippen molar-refractivity contribution < 1.29 is 9.53 Å². The number of hydrogen-bond acceptors (Lipinski definition) is 3. The maximum Gasteiger partial charge on any atom is 0.340 e. The maximum absolute atomic E-state index is 12.0. The van der Waals surface area contributed by atoms with Gasteiger partial charge in [0.15, 0.2) is 0 Å². The molecule has 3 nitrogen and oxygen atoms in total. The van der Waals surface area contributed by atoms with Crippen molar-refractivity contribution in [3.8, 4) is 0 Å². The lowest BCUT2D eigenvalue weighted by molar-refractivity contribution is 0.0267. The van der Waals surface area contributed by atoms with E-state index < -0.39 is 0 Å². The third-order valence-electron chi connectivity index (χ3n) is 3.32. The summed E-state index contributed by atoms with van der Waals surface area (Å²) >= 11 is 6.01. The number of anilines is 1. The summed E-state index contributed by atoms with van der Waals surface area (Å²) < 4.78 is 5.51. The highest BCUT2D eigenvalue weighted by atomic mass is 35.5. The molecular formula is C14H18ClNO2. The van der Waals surface area contributed by atoms with Crippen LogP contribution >= 0.6 is 11.6 Å². The van der Waals surface area contributed by atoms with E-state index >= 15 is 0 Å². The van der Waals surface area contributed by atoms with Crippen molar-refractivity contribution in [3.05, 3.63) is 28.8 Å². The predicted molar refractivity (Wildman–Crippen MR) is 72.8 cm³/mol. The molecule has 0 bridgehead atoms. The molecule has 18 heavy (non-hydrogen) atoms. The Hall–Kier alpha value is -1.22. The lowest BCUT2D eigenvalue weighted by Crippen LogP contribution is -2.18. The summed E-state index contributed by atoms with van der Waals surface area (Å²) in [6.07, 6.45) is 6.64.